The fourth-order valence-electron chi connectivity index (χ4n) is 3.61. The number of carboxylic acids is 3. The lowest BCUT2D eigenvalue weighted by Gasteiger charge is -2.03. The molecule has 0 aliphatic heterocycles. The average molecular weight is 475 g/mol. The van der Waals surface area contributed by atoms with Crippen molar-refractivity contribution in [3.05, 3.63) is 0 Å². The summed E-state index contributed by atoms with van der Waals surface area (Å²) >= 11 is 0. The normalized spacial score (nSPS) is 11.5. The highest BCUT2D eigenvalue weighted by molar-refractivity contribution is 5.79. The highest BCUT2D eigenvalue weighted by Gasteiger charge is 2.16. The lowest BCUT2D eigenvalue weighted by molar-refractivity contribution is -0.152. The molecule has 1 unspecified atom stereocenters. The predicted molar refractivity (Wildman–Crippen MR) is 132 cm³/mol. The van der Waals surface area contributed by atoms with Gasteiger partial charge in [0.05, 0.1) is 6.42 Å². The molecule has 7 nitrogen and oxygen atoms in total. The Kier molecular flexibility index (Phi) is 27.1. The Labute approximate surface area is 201 Å². The third kappa shape index (κ3) is 32.6. The molecule has 0 aromatic carbocycles. The minimum Gasteiger partial charge on any atom is -0.481 e. The topological polar surface area (TPSA) is 132 Å². The minimum absolute atomic E-state index is 0.346. The van der Waals surface area contributed by atoms with Crippen molar-refractivity contribution in [2.24, 2.45) is 0 Å². The number of aliphatic hydroxyl groups is 1. The van der Waals surface area contributed by atoms with E-state index >= 15 is 0 Å². The summed E-state index contributed by atoms with van der Waals surface area (Å²) in [6.45, 7) is 2.28. The van der Waals surface area contributed by atoms with Gasteiger partial charge in [-0.15, -0.1) is 0 Å². The van der Waals surface area contributed by atoms with Crippen molar-refractivity contribution in [2.45, 2.75) is 148 Å². The number of hydrogen-bond acceptors (Lipinski definition) is 4. The van der Waals surface area contributed by atoms with Crippen LogP contribution >= 0.6 is 0 Å². The highest BCUT2D eigenvalue weighted by Crippen LogP contribution is 2.14. The molecule has 0 bridgehead atoms. The Morgan fingerprint density at radius 1 is 0.515 bits per heavy atom. The van der Waals surface area contributed by atoms with Gasteiger partial charge in [-0.25, -0.2) is 4.79 Å². The molecule has 0 aliphatic rings. The van der Waals surface area contributed by atoms with Crippen molar-refractivity contribution in [1.82, 2.24) is 0 Å². The average Bonchev–Trinajstić information content (AvgIpc) is 2.75. The van der Waals surface area contributed by atoms with E-state index in [-0.39, 0.29) is 0 Å². The van der Waals surface area contributed by atoms with E-state index in [4.69, 9.17) is 20.4 Å². The zero-order valence-electron chi connectivity index (χ0n) is 20.9. The summed E-state index contributed by atoms with van der Waals surface area (Å²) in [7, 11) is 0. The third-order valence-electron chi connectivity index (χ3n) is 5.65. The molecular formula is C26H50O7. The second-order valence-corrected chi connectivity index (χ2v) is 8.96. The molecule has 0 aromatic heterocycles. The van der Waals surface area contributed by atoms with Crippen LogP contribution in [0.3, 0.4) is 0 Å². The first kappa shape index (κ1) is 33.5. The predicted octanol–water partition coefficient (Wildman–Crippen LogP) is 6.80. The standard InChI is InChI=1S/C22H44O2.C4H6O5/c1-2-3-4-5-6-7-8-9-10-11-12-13-14-15-16-17-18-19-20-21-22(23)24;5-2(4(8)9)1-3(6)7/h2-21H2,1H3,(H,23,24);2,5H,1H2,(H,6,7)(H,8,9). The molecule has 33 heavy (non-hydrogen) atoms. The van der Waals surface area contributed by atoms with Crippen molar-refractivity contribution in [3.63, 3.8) is 0 Å². The molecule has 1 atom stereocenters. The van der Waals surface area contributed by atoms with Crippen molar-refractivity contribution in [1.29, 1.82) is 0 Å². The fraction of sp³-hybridized carbons (Fsp3) is 0.885. The molecule has 0 saturated carbocycles. The molecule has 0 rings (SSSR count). The van der Waals surface area contributed by atoms with Crippen LogP contribution in [0.25, 0.3) is 0 Å². The van der Waals surface area contributed by atoms with Crippen LogP contribution in [0.5, 0.6) is 0 Å². The molecule has 0 aliphatic carbocycles. The van der Waals surface area contributed by atoms with Gasteiger partial charge in [0.2, 0.25) is 0 Å². The zero-order valence-corrected chi connectivity index (χ0v) is 20.9. The first-order chi connectivity index (χ1) is 15.8. The van der Waals surface area contributed by atoms with Gasteiger partial charge in [-0.3, -0.25) is 9.59 Å². The van der Waals surface area contributed by atoms with Gasteiger partial charge < -0.3 is 20.4 Å². The maximum absolute atomic E-state index is 10.4. The van der Waals surface area contributed by atoms with E-state index in [9.17, 15) is 14.4 Å². The molecule has 0 fully saturated rings. The number of rotatable bonds is 23. The van der Waals surface area contributed by atoms with Crippen molar-refractivity contribution in [2.75, 3.05) is 0 Å². The van der Waals surface area contributed by atoms with Crippen LogP contribution in [-0.4, -0.2) is 44.4 Å². The largest absolute Gasteiger partial charge is 0.481 e. The Morgan fingerprint density at radius 3 is 1.03 bits per heavy atom. The van der Waals surface area contributed by atoms with E-state index in [1.165, 1.54) is 109 Å². The van der Waals surface area contributed by atoms with Crippen LogP contribution in [0.1, 0.15) is 142 Å². The second-order valence-electron chi connectivity index (χ2n) is 8.96. The van der Waals surface area contributed by atoms with Crippen LogP contribution in [0, 0.1) is 0 Å². The third-order valence-corrected chi connectivity index (χ3v) is 5.65. The van der Waals surface area contributed by atoms with Gasteiger partial charge in [-0.05, 0) is 6.42 Å². The van der Waals surface area contributed by atoms with Crippen molar-refractivity contribution >= 4 is 17.9 Å². The SMILES string of the molecule is CCCCCCCCCCCCCCCCCCCCCC(=O)O.O=C(O)CC(O)C(=O)O. The molecule has 0 heterocycles. The monoisotopic (exact) mass is 474 g/mol. The first-order valence-electron chi connectivity index (χ1n) is 13.2. The summed E-state index contributed by atoms with van der Waals surface area (Å²) in [5.74, 6) is -3.50. The zero-order chi connectivity index (χ0) is 25.2. The van der Waals surface area contributed by atoms with E-state index < -0.39 is 30.4 Å². The summed E-state index contributed by atoms with van der Waals surface area (Å²) in [6, 6.07) is 0. The summed E-state index contributed by atoms with van der Waals surface area (Å²) in [5.41, 5.74) is 0. The van der Waals surface area contributed by atoms with E-state index in [0.717, 1.165) is 12.8 Å². The maximum Gasteiger partial charge on any atom is 0.333 e. The lowest BCUT2D eigenvalue weighted by Crippen LogP contribution is -2.22. The quantitative estimate of drug-likeness (QED) is 0.120. The van der Waals surface area contributed by atoms with Gasteiger partial charge >= 0.3 is 17.9 Å². The Balaban J connectivity index is 0. The summed E-state index contributed by atoms with van der Waals surface area (Å²) < 4.78 is 0. The number of carbonyl (C=O) groups is 3. The van der Waals surface area contributed by atoms with Gasteiger partial charge in [-0.2, -0.15) is 0 Å². The van der Waals surface area contributed by atoms with Crippen LogP contribution < -0.4 is 0 Å². The molecule has 0 spiro atoms. The van der Waals surface area contributed by atoms with E-state index in [2.05, 4.69) is 6.92 Å². The molecule has 7 heteroatoms. The van der Waals surface area contributed by atoms with Gasteiger partial charge in [0.1, 0.15) is 0 Å². The molecule has 0 radical (unpaired) electrons. The van der Waals surface area contributed by atoms with Crippen LogP contribution in [0.4, 0.5) is 0 Å². The molecule has 0 aromatic rings. The van der Waals surface area contributed by atoms with Gasteiger partial charge in [0.15, 0.2) is 6.10 Å². The molecule has 4 N–H and O–H groups in total. The van der Waals surface area contributed by atoms with Crippen molar-refractivity contribution < 1.29 is 34.8 Å². The number of hydrogen-bond donors (Lipinski definition) is 4. The van der Waals surface area contributed by atoms with Crippen LogP contribution in [-0.2, 0) is 14.4 Å². The molecule has 0 saturated heterocycles. The van der Waals surface area contributed by atoms with Crippen molar-refractivity contribution in [3.8, 4) is 0 Å². The van der Waals surface area contributed by atoms with E-state index in [0.29, 0.717) is 6.42 Å². The fourth-order valence-corrected chi connectivity index (χ4v) is 3.61. The Bertz CT molecular complexity index is 466. The Hall–Kier alpha value is -1.63. The van der Waals surface area contributed by atoms with Crippen LogP contribution in [0.15, 0.2) is 0 Å². The van der Waals surface area contributed by atoms with Crippen LogP contribution in [0.2, 0.25) is 0 Å². The van der Waals surface area contributed by atoms with Gasteiger partial charge in [0, 0.05) is 6.42 Å². The summed E-state index contributed by atoms with van der Waals surface area (Å²) in [5, 5.41) is 32.7. The summed E-state index contributed by atoms with van der Waals surface area (Å²) in [4.78, 5) is 29.8. The number of aliphatic carboxylic acids is 3. The number of carboxylic acid groups (broad SMARTS) is 3. The highest BCUT2D eigenvalue weighted by atomic mass is 16.4. The Morgan fingerprint density at radius 2 is 0.818 bits per heavy atom. The maximum atomic E-state index is 10.4. The number of unbranched alkanes of at least 4 members (excludes halogenated alkanes) is 18. The van der Waals surface area contributed by atoms with Gasteiger partial charge in [-0.1, -0.05) is 122 Å². The number of aliphatic hydroxyl groups excluding tert-OH is 1. The minimum atomic E-state index is -1.79. The summed E-state index contributed by atoms with van der Waals surface area (Å²) in [6.07, 6.45) is 23.6. The molecule has 0 amide bonds. The molecular weight excluding hydrogens is 424 g/mol. The van der Waals surface area contributed by atoms with E-state index in [1.54, 1.807) is 0 Å². The molecule has 196 valence electrons. The van der Waals surface area contributed by atoms with Gasteiger partial charge in [0.25, 0.3) is 0 Å². The first-order valence-corrected chi connectivity index (χ1v) is 13.2. The second kappa shape index (κ2) is 26.6. The van der Waals surface area contributed by atoms with E-state index in [1.807, 2.05) is 0 Å². The smallest absolute Gasteiger partial charge is 0.333 e. The lowest BCUT2D eigenvalue weighted by atomic mass is 10.0.